The molecule has 1 fully saturated rings. The molecule has 0 bridgehead atoms. The van der Waals surface area contributed by atoms with E-state index in [0.717, 1.165) is 31.7 Å². The topological polar surface area (TPSA) is 45.0 Å². The fourth-order valence-corrected chi connectivity index (χ4v) is 2.09. The van der Waals surface area contributed by atoms with Crippen molar-refractivity contribution >= 4 is 0 Å². The predicted molar refractivity (Wildman–Crippen MR) is 65.1 cm³/mol. The zero-order valence-corrected chi connectivity index (χ0v) is 10.5. The van der Waals surface area contributed by atoms with Crippen molar-refractivity contribution in [3.8, 4) is 6.07 Å². The summed E-state index contributed by atoms with van der Waals surface area (Å²) in [7, 11) is 0. The van der Waals surface area contributed by atoms with Gasteiger partial charge in [0.1, 0.15) is 6.04 Å². The van der Waals surface area contributed by atoms with Gasteiger partial charge in [-0.1, -0.05) is 13.8 Å². The van der Waals surface area contributed by atoms with Crippen molar-refractivity contribution in [1.29, 1.82) is 5.26 Å². The molecule has 92 valence electrons. The molecule has 0 aliphatic heterocycles. The zero-order valence-electron chi connectivity index (χ0n) is 10.5. The van der Waals surface area contributed by atoms with E-state index in [2.05, 4.69) is 25.2 Å². The summed E-state index contributed by atoms with van der Waals surface area (Å²) in [5.41, 5.74) is 0. The number of nitriles is 1. The normalized spacial score (nSPS) is 27.3. The van der Waals surface area contributed by atoms with Gasteiger partial charge in [0.2, 0.25) is 0 Å². The maximum absolute atomic E-state index is 8.93. The summed E-state index contributed by atoms with van der Waals surface area (Å²) in [6, 6.07) is 2.11. The van der Waals surface area contributed by atoms with Crippen molar-refractivity contribution in [3.63, 3.8) is 0 Å². The second kappa shape index (κ2) is 7.65. The van der Waals surface area contributed by atoms with Crippen LogP contribution >= 0.6 is 0 Å². The fourth-order valence-electron chi connectivity index (χ4n) is 2.09. The second-order valence-electron chi connectivity index (χ2n) is 4.85. The minimum absolute atomic E-state index is 0.140. The van der Waals surface area contributed by atoms with E-state index in [0.29, 0.717) is 12.7 Å². The van der Waals surface area contributed by atoms with Gasteiger partial charge in [-0.15, -0.1) is 0 Å². The summed E-state index contributed by atoms with van der Waals surface area (Å²) in [5.74, 6) is 0.852. The molecule has 1 unspecified atom stereocenters. The first-order chi connectivity index (χ1) is 7.76. The smallest absolute Gasteiger partial charge is 0.119 e. The summed E-state index contributed by atoms with van der Waals surface area (Å²) in [4.78, 5) is 0. The van der Waals surface area contributed by atoms with E-state index in [1.165, 1.54) is 12.8 Å². The summed E-state index contributed by atoms with van der Waals surface area (Å²) >= 11 is 0. The maximum atomic E-state index is 8.93. The van der Waals surface area contributed by atoms with E-state index >= 15 is 0 Å². The van der Waals surface area contributed by atoms with Crippen LogP contribution in [0.15, 0.2) is 0 Å². The Morgan fingerprint density at radius 1 is 1.38 bits per heavy atom. The van der Waals surface area contributed by atoms with Gasteiger partial charge >= 0.3 is 0 Å². The molecule has 3 heteroatoms. The van der Waals surface area contributed by atoms with E-state index < -0.39 is 0 Å². The van der Waals surface area contributed by atoms with Crippen LogP contribution in [0, 0.1) is 17.2 Å². The number of nitrogens with zero attached hydrogens (tertiary/aromatic N) is 1. The number of nitrogens with one attached hydrogen (secondary N) is 1. The molecule has 1 aliphatic carbocycles. The van der Waals surface area contributed by atoms with E-state index in [-0.39, 0.29) is 6.04 Å². The van der Waals surface area contributed by atoms with Crippen LogP contribution in [0.1, 0.15) is 46.0 Å². The molecular weight excluding hydrogens is 200 g/mol. The van der Waals surface area contributed by atoms with E-state index in [1.807, 2.05) is 0 Å². The van der Waals surface area contributed by atoms with E-state index in [4.69, 9.17) is 10.00 Å². The van der Waals surface area contributed by atoms with Gasteiger partial charge in [0.15, 0.2) is 0 Å². The van der Waals surface area contributed by atoms with Gasteiger partial charge in [0, 0.05) is 0 Å². The summed E-state index contributed by atoms with van der Waals surface area (Å²) in [6.07, 6.45) is 6.30. The molecule has 0 radical (unpaired) electrons. The molecule has 0 heterocycles. The minimum Gasteiger partial charge on any atom is -0.375 e. The Bertz CT molecular complexity index is 216. The van der Waals surface area contributed by atoms with Crippen molar-refractivity contribution in [2.75, 3.05) is 13.2 Å². The van der Waals surface area contributed by atoms with Crippen LogP contribution in [0.25, 0.3) is 0 Å². The lowest BCUT2D eigenvalue weighted by molar-refractivity contribution is 0.0145. The van der Waals surface area contributed by atoms with Crippen molar-refractivity contribution < 1.29 is 4.74 Å². The number of rotatable bonds is 6. The Hall–Kier alpha value is -0.590. The zero-order chi connectivity index (χ0) is 11.8. The standard InChI is InChI=1S/C13H24N2O/c1-3-8-15-12(9-14)10-16-13-6-4-11(2)5-7-13/h11-13,15H,3-8,10H2,1-2H3. The molecule has 1 atom stereocenters. The highest BCUT2D eigenvalue weighted by atomic mass is 16.5. The minimum atomic E-state index is -0.140. The molecule has 1 rings (SSSR count). The Labute approximate surface area is 99.2 Å². The third-order valence-corrected chi connectivity index (χ3v) is 3.26. The highest BCUT2D eigenvalue weighted by Gasteiger charge is 2.19. The van der Waals surface area contributed by atoms with Crippen molar-refractivity contribution in [2.24, 2.45) is 5.92 Å². The lowest BCUT2D eigenvalue weighted by Gasteiger charge is -2.27. The lowest BCUT2D eigenvalue weighted by atomic mass is 9.89. The maximum Gasteiger partial charge on any atom is 0.119 e. The Morgan fingerprint density at radius 3 is 2.62 bits per heavy atom. The molecule has 1 N–H and O–H groups in total. The van der Waals surface area contributed by atoms with Crippen molar-refractivity contribution in [2.45, 2.75) is 58.1 Å². The van der Waals surface area contributed by atoms with Gasteiger partial charge in [-0.05, 0) is 44.6 Å². The van der Waals surface area contributed by atoms with Crippen molar-refractivity contribution in [1.82, 2.24) is 5.32 Å². The first kappa shape index (κ1) is 13.5. The van der Waals surface area contributed by atoms with Gasteiger partial charge in [0.25, 0.3) is 0 Å². The third-order valence-electron chi connectivity index (χ3n) is 3.26. The number of ether oxygens (including phenoxy) is 1. The molecule has 0 saturated heterocycles. The third kappa shape index (κ3) is 4.96. The molecule has 0 spiro atoms. The van der Waals surface area contributed by atoms with Crippen LogP contribution < -0.4 is 5.32 Å². The Morgan fingerprint density at radius 2 is 2.06 bits per heavy atom. The van der Waals surface area contributed by atoms with Gasteiger partial charge in [0.05, 0.1) is 18.8 Å². The predicted octanol–water partition coefficient (Wildman–Crippen LogP) is 2.47. The fraction of sp³-hybridized carbons (Fsp3) is 0.923. The van der Waals surface area contributed by atoms with Crippen LogP contribution in [0.4, 0.5) is 0 Å². The van der Waals surface area contributed by atoms with Crippen LogP contribution in [0.3, 0.4) is 0 Å². The summed E-state index contributed by atoms with van der Waals surface area (Å²) in [6.45, 7) is 5.83. The average Bonchev–Trinajstić information content (AvgIpc) is 2.32. The summed E-state index contributed by atoms with van der Waals surface area (Å²) < 4.78 is 5.80. The molecule has 1 saturated carbocycles. The molecule has 0 amide bonds. The van der Waals surface area contributed by atoms with Gasteiger partial charge in [-0.2, -0.15) is 5.26 Å². The largest absolute Gasteiger partial charge is 0.375 e. The lowest BCUT2D eigenvalue weighted by Crippen LogP contribution is -2.35. The van der Waals surface area contributed by atoms with Crippen LogP contribution in [0.5, 0.6) is 0 Å². The number of hydrogen-bond donors (Lipinski definition) is 1. The van der Waals surface area contributed by atoms with Crippen molar-refractivity contribution in [3.05, 3.63) is 0 Å². The molecule has 0 aromatic carbocycles. The first-order valence-electron chi connectivity index (χ1n) is 6.50. The molecule has 1 aliphatic rings. The average molecular weight is 224 g/mol. The Kier molecular flexibility index (Phi) is 6.44. The number of hydrogen-bond acceptors (Lipinski definition) is 3. The van der Waals surface area contributed by atoms with E-state index in [1.54, 1.807) is 0 Å². The van der Waals surface area contributed by atoms with Gasteiger partial charge in [-0.3, -0.25) is 0 Å². The summed E-state index contributed by atoms with van der Waals surface area (Å²) in [5, 5.41) is 12.1. The van der Waals surface area contributed by atoms with Crippen LogP contribution in [-0.4, -0.2) is 25.3 Å². The molecule has 0 aromatic rings. The van der Waals surface area contributed by atoms with Crippen LogP contribution in [-0.2, 0) is 4.74 Å². The first-order valence-corrected chi connectivity index (χ1v) is 6.50. The van der Waals surface area contributed by atoms with Crippen LogP contribution in [0.2, 0.25) is 0 Å². The Balaban J connectivity index is 2.15. The SMILES string of the molecule is CCCNC(C#N)COC1CCC(C)CC1. The second-order valence-corrected chi connectivity index (χ2v) is 4.85. The highest BCUT2D eigenvalue weighted by molar-refractivity contribution is 4.89. The molecule has 0 aromatic heterocycles. The monoisotopic (exact) mass is 224 g/mol. The quantitative estimate of drug-likeness (QED) is 0.754. The van der Waals surface area contributed by atoms with Gasteiger partial charge in [-0.25, -0.2) is 0 Å². The molecule has 3 nitrogen and oxygen atoms in total. The molecular formula is C13H24N2O. The molecule has 16 heavy (non-hydrogen) atoms. The van der Waals surface area contributed by atoms with E-state index in [9.17, 15) is 0 Å². The highest BCUT2D eigenvalue weighted by Crippen LogP contribution is 2.25. The van der Waals surface area contributed by atoms with Gasteiger partial charge < -0.3 is 10.1 Å².